The second-order valence-electron chi connectivity index (χ2n) is 6.86. The van der Waals surface area contributed by atoms with E-state index in [2.05, 4.69) is 64.8 Å². The largest absolute Gasteiger partial charge is 0.496 e. The van der Waals surface area contributed by atoms with Gasteiger partial charge in [0, 0.05) is 38.9 Å². The molecule has 0 bridgehead atoms. The molecule has 0 radical (unpaired) electrons. The summed E-state index contributed by atoms with van der Waals surface area (Å²) in [4.78, 5) is 6.50. The lowest BCUT2D eigenvalue weighted by Gasteiger charge is -2.24. The minimum absolute atomic E-state index is 0. The summed E-state index contributed by atoms with van der Waals surface area (Å²) in [5, 5.41) is 11.1. The summed E-state index contributed by atoms with van der Waals surface area (Å²) in [7, 11) is 9.57. The summed E-state index contributed by atoms with van der Waals surface area (Å²) in [5.74, 6) is 1.73. The fraction of sp³-hybridized carbons (Fsp3) is 0.500. The molecule has 0 amide bonds. The molecular formula is C20H33IN6O. The molecule has 2 N–H and O–H groups in total. The minimum atomic E-state index is 0. The number of hydrogen-bond acceptors (Lipinski definition) is 4. The third-order valence-corrected chi connectivity index (χ3v) is 4.60. The summed E-state index contributed by atoms with van der Waals surface area (Å²) in [6.07, 6.45) is 4.86. The Kier molecular flexibility index (Phi) is 10.3. The van der Waals surface area contributed by atoms with Crippen LogP contribution in [-0.4, -0.2) is 62.0 Å². The number of methoxy groups -OCH3 is 1. The van der Waals surface area contributed by atoms with Gasteiger partial charge in [0.25, 0.3) is 0 Å². The van der Waals surface area contributed by atoms with E-state index in [0.29, 0.717) is 0 Å². The van der Waals surface area contributed by atoms with Crippen molar-refractivity contribution in [2.45, 2.75) is 19.4 Å². The summed E-state index contributed by atoms with van der Waals surface area (Å²) >= 11 is 0. The first-order chi connectivity index (χ1) is 12.9. The van der Waals surface area contributed by atoms with E-state index in [1.807, 2.05) is 24.1 Å². The van der Waals surface area contributed by atoms with Crippen molar-refractivity contribution in [3.05, 3.63) is 47.3 Å². The van der Waals surface area contributed by atoms with Gasteiger partial charge in [0.15, 0.2) is 5.96 Å². The monoisotopic (exact) mass is 500 g/mol. The lowest BCUT2D eigenvalue weighted by atomic mass is 10.1. The van der Waals surface area contributed by atoms with Crippen molar-refractivity contribution in [1.29, 1.82) is 0 Å². The maximum absolute atomic E-state index is 5.40. The first kappa shape index (κ1) is 24.2. The average molecular weight is 500 g/mol. The molecule has 8 heteroatoms. The van der Waals surface area contributed by atoms with Crippen LogP contribution in [0.1, 0.15) is 22.7 Å². The van der Waals surface area contributed by atoms with E-state index in [0.717, 1.165) is 36.8 Å². The smallest absolute Gasteiger partial charge is 0.191 e. The standard InChI is InChI=1S/C20H32N6O.HI/c1-15-7-8-16(11-19(15)27-6)9-10-22-20(21-2)23-13-18(25(3)4)17-12-24-26(5)14-17;/h7-8,11-12,14,18H,9-10,13H2,1-6H3,(H2,21,22,23);1H. The molecule has 1 heterocycles. The van der Waals surface area contributed by atoms with Crippen molar-refractivity contribution < 1.29 is 4.74 Å². The van der Waals surface area contributed by atoms with Crippen LogP contribution in [0.15, 0.2) is 35.6 Å². The third-order valence-electron chi connectivity index (χ3n) is 4.60. The molecule has 0 aliphatic carbocycles. The van der Waals surface area contributed by atoms with E-state index in [4.69, 9.17) is 4.74 Å². The zero-order chi connectivity index (χ0) is 19.8. The van der Waals surface area contributed by atoms with Crippen LogP contribution in [0, 0.1) is 6.92 Å². The number of rotatable bonds is 8. The molecule has 156 valence electrons. The zero-order valence-corrected chi connectivity index (χ0v) is 20.0. The zero-order valence-electron chi connectivity index (χ0n) is 17.7. The summed E-state index contributed by atoms with van der Waals surface area (Å²) < 4.78 is 7.23. The molecule has 0 fully saturated rings. The molecule has 0 saturated heterocycles. The molecule has 28 heavy (non-hydrogen) atoms. The van der Waals surface area contributed by atoms with Crippen molar-refractivity contribution in [3.8, 4) is 5.75 Å². The molecule has 2 aromatic rings. The molecule has 1 atom stereocenters. The molecule has 1 aromatic carbocycles. The fourth-order valence-electron chi connectivity index (χ4n) is 2.97. The van der Waals surface area contributed by atoms with Gasteiger partial charge in [-0.25, -0.2) is 0 Å². The van der Waals surface area contributed by atoms with Gasteiger partial charge in [-0.05, 0) is 44.6 Å². The van der Waals surface area contributed by atoms with Crippen LogP contribution in [-0.2, 0) is 13.5 Å². The number of guanidine groups is 1. The molecule has 0 aliphatic heterocycles. The van der Waals surface area contributed by atoms with Gasteiger partial charge in [-0.2, -0.15) is 5.10 Å². The number of nitrogens with one attached hydrogen (secondary N) is 2. The van der Waals surface area contributed by atoms with E-state index in [1.165, 1.54) is 11.1 Å². The molecule has 0 spiro atoms. The highest BCUT2D eigenvalue weighted by Gasteiger charge is 2.16. The lowest BCUT2D eigenvalue weighted by molar-refractivity contribution is 0.298. The summed E-state index contributed by atoms with van der Waals surface area (Å²) in [6.45, 7) is 3.60. The van der Waals surface area contributed by atoms with Gasteiger partial charge in [0.05, 0.1) is 19.3 Å². The van der Waals surface area contributed by atoms with Crippen LogP contribution in [0.4, 0.5) is 0 Å². The Labute approximate surface area is 185 Å². The maximum Gasteiger partial charge on any atom is 0.191 e. The number of aromatic nitrogens is 2. The predicted molar refractivity (Wildman–Crippen MR) is 126 cm³/mol. The van der Waals surface area contributed by atoms with Crippen LogP contribution < -0.4 is 15.4 Å². The minimum Gasteiger partial charge on any atom is -0.496 e. The molecule has 0 saturated carbocycles. The molecule has 1 aromatic heterocycles. The summed E-state index contributed by atoms with van der Waals surface area (Å²) in [5.41, 5.74) is 3.57. The van der Waals surface area contributed by atoms with Gasteiger partial charge >= 0.3 is 0 Å². The quantitative estimate of drug-likeness (QED) is 0.331. The number of halogens is 1. The second-order valence-corrected chi connectivity index (χ2v) is 6.86. The lowest BCUT2D eigenvalue weighted by Crippen LogP contribution is -2.42. The molecule has 2 rings (SSSR count). The number of hydrogen-bond donors (Lipinski definition) is 2. The van der Waals surface area contributed by atoms with E-state index in [1.54, 1.807) is 14.2 Å². The van der Waals surface area contributed by atoms with Crippen molar-refractivity contribution >= 4 is 29.9 Å². The van der Waals surface area contributed by atoms with Crippen LogP contribution in [0.2, 0.25) is 0 Å². The van der Waals surface area contributed by atoms with E-state index in [9.17, 15) is 0 Å². The first-order valence-corrected chi connectivity index (χ1v) is 9.17. The number of benzene rings is 1. The maximum atomic E-state index is 5.40. The van der Waals surface area contributed by atoms with Gasteiger partial charge in [-0.1, -0.05) is 12.1 Å². The Bertz CT molecular complexity index is 759. The average Bonchev–Trinajstić information content (AvgIpc) is 3.07. The van der Waals surface area contributed by atoms with Crippen molar-refractivity contribution in [1.82, 2.24) is 25.3 Å². The normalized spacial score (nSPS) is 12.5. The molecule has 1 unspecified atom stereocenters. The Hall–Kier alpha value is -1.81. The van der Waals surface area contributed by atoms with E-state index >= 15 is 0 Å². The number of nitrogens with zero attached hydrogens (tertiary/aromatic N) is 4. The summed E-state index contributed by atoms with van der Waals surface area (Å²) in [6, 6.07) is 6.55. The van der Waals surface area contributed by atoms with E-state index < -0.39 is 0 Å². The van der Waals surface area contributed by atoms with Crippen molar-refractivity contribution in [2.24, 2.45) is 12.0 Å². The van der Waals surface area contributed by atoms with Gasteiger partial charge in [0.1, 0.15) is 5.75 Å². The molecule has 7 nitrogen and oxygen atoms in total. The van der Waals surface area contributed by atoms with Crippen LogP contribution in [0.5, 0.6) is 5.75 Å². The number of ether oxygens (including phenoxy) is 1. The Morgan fingerprint density at radius 2 is 2.07 bits per heavy atom. The van der Waals surface area contributed by atoms with E-state index in [-0.39, 0.29) is 30.0 Å². The van der Waals surface area contributed by atoms with Crippen molar-refractivity contribution in [2.75, 3.05) is 41.3 Å². The van der Waals surface area contributed by atoms with Gasteiger partial charge in [-0.3, -0.25) is 9.67 Å². The topological polar surface area (TPSA) is 66.7 Å². The van der Waals surface area contributed by atoms with Crippen molar-refractivity contribution in [3.63, 3.8) is 0 Å². The predicted octanol–water partition coefficient (Wildman–Crippen LogP) is 2.37. The first-order valence-electron chi connectivity index (χ1n) is 9.17. The van der Waals surface area contributed by atoms with Crippen LogP contribution in [0.3, 0.4) is 0 Å². The van der Waals surface area contributed by atoms with Gasteiger partial charge in [0.2, 0.25) is 0 Å². The number of aliphatic imine (C=N–C) groups is 1. The second kappa shape index (κ2) is 11.9. The highest BCUT2D eigenvalue weighted by molar-refractivity contribution is 14.0. The van der Waals surface area contributed by atoms with Crippen LogP contribution in [0.25, 0.3) is 0 Å². The molecule has 0 aliphatic rings. The van der Waals surface area contributed by atoms with Gasteiger partial charge < -0.3 is 20.3 Å². The number of likely N-dealkylation sites (N-methyl/N-ethyl adjacent to an activating group) is 1. The highest BCUT2D eigenvalue weighted by Crippen LogP contribution is 2.19. The number of aryl methyl sites for hydroxylation is 2. The SMILES string of the molecule is CN=C(NCCc1ccc(C)c(OC)c1)NCC(c1cnn(C)c1)N(C)C.I. The Morgan fingerprint density at radius 3 is 2.64 bits per heavy atom. The Balaban J connectivity index is 0.00000392. The fourth-order valence-corrected chi connectivity index (χ4v) is 2.97. The third kappa shape index (κ3) is 6.97. The Morgan fingerprint density at radius 1 is 1.32 bits per heavy atom. The highest BCUT2D eigenvalue weighted by atomic mass is 127. The van der Waals surface area contributed by atoms with Gasteiger partial charge in [-0.15, -0.1) is 24.0 Å². The molecular weight excluding hydrogens is 467 g/mol. The van der Waals surface area contributed by atoms with Crippen LogP contribution >= 0.6 is 24.0 Å².